The second-order valence-electron chi connectivity index (χ2n) is 6.48. The summed E-state index contributed by atoms with van der Waals surface area (Å²) < 4.78 is 13.6. The summed E-state index contributed by atoms with van der Waals surface area (Å²) >= 11 is 5.70. The van der Waals surface area contributed by atoms with E-state index in [2.05, 4.69) is 11.9 Å². The van der Waals surface area contributed by atoms with Crippen molar-refractivity contribution in [3.05, 3.63) is 68.8 Å². The molecular weight excluding hydrogens is 367 g/mol. The van der Waals surface area contributed by atoms with Crippen LogP contribution in [0.15, 0.2) is 36.4 Å². The molecule has 0 saturated carbocycles. The SMILES string of the molecule is C=c1ccc(C(=O)NC(C)c2ccc(Cl)c(F)c2)c/c1=C/C(N)CCCO. The number of aliphatic hydroxyl groups excluding tert-OH is 1. The van der Waals surface area contributed by atoms with Gasteiger partial charge in [0, 0.05) is 18.2 Å². The molecule has 0 aromatic heterocycles. The Bertz CT molecular complexity index is 917. The van der Waals surface area contributed by atoms with E-state index >= 15 is 0 Å². The Morgan fingerprint density at radius 3 is 2.78 bits per heavy atom. The molecule has 0 fully saturated rings. The summed E-state index contributed by atoms with van der Waals surface area (Å²) in [7, 11) is 0. The fourth-order valence-electron chi connectivity index (χ4n) is 2.68. The number of benzene rings is 2. The first-order valence-electron chi connectivity index (χ1n) is 8.75. The minimum atomic E-state index is -0.523. The van der Waals surface area contributed by atoms with Crippen molar-refractivity contribution in [3.63, 3.8) is 0 Å². The maximum absolute atomic E-state index is 13.6. The predicted molar refractivity (Wildman–Crippen MR) is 107 cm³/mol. The van der Waals surface area contributed by atoms with Gasteiger partial charge < -0.3 is 16.2 Å². The summed E-state index contributed by atoms with van der Waals surface area (Å²) in [6.45, 7) is 5.82. The quantitative estimate of drug-likeness (QED) is 0.678. The molecule has 0 saturated heterocycles. The smallest absolute Gasteiger partial charge is 0.251 e. The van der Waals surface area contributed by atoms with Crippen LogP contribution in [-0.4, -0.2) is 23.7 Å². The van der Waals surface area contributed by atoms with Crippen LogP contribution in [0.5, 0.6) is 0 Å². The number of nitrogens with two attached hydrogens (primary N) is 1. The highest BCUT2D eigenvalue weighted by Gasteiger charge is 2.13. The van der Waals surface area contributed by atoms with Crippen molar-refractivity contribution >= 4 is 30.2 Å². The second-order valence-corrected chi connectivity index (χ2v) is 6.89. The molecule has 0 aliphatic carbocycles. The van der Waals surface area contributed by atoms with Crippen LogP contribution in [0.2, 0.25) is 5.02 Å². The van der Waals surface area contributed by atoms with Crippen LogP contribution >= 0.6 is 11.6 Å². The highest BCUT2D eigenvalue weighted by atomic mass is 35.5. The van der Waals surface area contributed by atoms with Crippen LogP contribution in [0.4, 0.5) is 4.39 Å². The summed E-state index contributed by atoms with van der Waals surface area (Å²) in [6, 6.07) is 9.00. The summed E-state index contributed by atoms with van der Waals surface area (Å²) in [5.41, 5.74) is 7.11. The molecule has 6 heteroatoms. The number of carbonyl (C=O) groups excluding carboxylic acids is 1. The number of rotatable bonds is 7. The summed E-state index contributed by atoms with van der Waals surface area (Å²) in [6.07, 6.45) is 3.10. The standard InChI is InChI=1S/C21H24ClFN2O2/c1-13-5-6-16(10-17(13)11-18(24)4-3-9-26)21(27)25-14(2)15-7-8-19(22)20(23)12-15/h5-8,10-12,14,18,26H,1,3-4,9,24H2,2H3,(H,25,27)/b17-11-. The monoisotopic (exact) mass is 390 g/mol. The minimum absolute atomic E-state index is 0.0426. The van der Waals surface area contributed by atoms with E-state index in [-0.39, 0.29) is 29.6 Å². The lowest BCUT2D eigenvalue weighted by atomic mass is 10.1. The average molecular weight is 391 g/mol. The van der Waals surface area contributed by atoms with Gasteiger partial charge in [-0.1, -0.05) is 36.4 Å². The molecule has 2 aromatic rings. The third-order valence-electron chi connectivity index (χ3n) is 4.29. The molecule has 1 amide bonds. The van der Waals surface area contributed by atoms with Crippen molar-refractivity contribution in [1.29, 1.82) is 0 Å². The molecule has 0 bridgehead atoms. The summed E-state index contributed by atoms with van der Waals surface area (Å²) in [5.74, 6) is -0.804. The van der Waals surface area contributed by atoms with Gasteiger partial charge in [0.2, 0.25) is 0 Å². The van der Waals surface area contributed by atoms with E-state index in [1.165, 1.54) is 12.1 Å². The largest absolute Gasteiger partial charge is 0.396 e. The van der Waals surface area contributed by atoms with Crippen LogP contribution in [0.25, 0.3) is 12.7 Å². The average Bonchev–Trinajstić information content (AvgIpc) is 2.63. The first-order valence-corrected chi connectivity index (χ1v) is 9.12. The lowest BCUT2D eigenvalue weighted by Crippen LogP contribution is -2.32. The number of carbonyl (C=O) groups is 1. The van der Waals surface area contributed by atoms with Gasteiger partial charge in [0.15, 0.2) is 0 Å². The Hall–Kier alpha value is -2.21. The molecule has 0 radical (unpaired) electrons. The zero-order valence-corrected chi connectivity index (χ0v) is 16.0. The Morgan fingerprint density at radius 1 is 1.37 bits per heavy atom. The van der Waals surface area contributed by atoms with Crippen LogP contribution in [0, 0.1) is 5.82 Å². The number of hydrogen-bond donors (Lipinski definition) is 3. The zero-order valence-electron chi connectivity index (χ0n) is 15.2. The van der Waals surface area contributed by atoms with Crippen LogP contribution in [0.1, 0.15) is 41.7 Å². The molecule has 0 heterocycles. The Kier molecular flexibility index (Phi) is 7.54. The van der Waals surface area contributed by atoms with E-state index < -0.39 is 5.82 Å². The van der Waals surface area contributed by atoms with Gasteiger partial charge in [-0.05, 0) is 60.0 Å². The maximum Gasteiger partial charge on any atom is 0.251 e. The highest BCUT2D eigenvalue weighted by Crippen LogP contribution is 2.20. The predicted octanol–water partition coefficient (Wildman–Crippen LogP) is 2.26. The van der Waals surface area contributed by atoms with Gasteiger partial charge in [-0.2, -0.15) is 0 Å². The van der Waals surface area contributed by atoms with E-state index in [0.717, 1.165) is 10.4 Å². The normalized spacial score (nSPS) is 14.0. The molecule has 27 heavy (non-hydrogen) atoms. The van der Waals surface area contributed by atoms with Crippen molar-refractivity contribution in [3.8, 4) is 0 Å². The van der Waals surface area contributed by atoms with Crippen molar-refractivity contribution < 1.29 is 14.3 Å². The van der Waals surface area contributed by atoms with Gasteiger partial charge in [0.1, 0.15) is 5.82 Å². The van der Waals surface area contributed by atoms with E-state index in [0.29, 0.717) is 24.0 Å². The van der Waals surface area contributed by atoms with E-state index in [4.69, 9.17) is 22.4 Å². The van der Waals surface area contributed by atoms with E-state index in [9.17, 15) is 9.18 Å². The third kappa shape index (κ3) is 5.89. The minimum Gasteiger partial charge on any atom is -0.396 e. The molecular formula is C21H24ClFN2O2. The molecule has 2 aromatic carbocycles. The van der Waals surface area contributed by atoms with Crippen molar-refractivity contribution in [1.82, 2.24) is 5.32 Å². The molecule has 2 unspecified atom stereocenters. The lowest BCUT2D eigenvalue weighted by Gasteiger charge is -2.15. The van der Waals surface area contributed by atoms with Crippen LogP contribution < -0.4 is 21.5 Å². The first-order chi connectivity index (χ1) is 12.8. The molecule has 144 valence electrons. The fraction of sp³-hybridized carbons (Fsp3) is 0.286. The molecule has 2 atom stereocenters. The number of aliphatic hydroxyl groups is 1. The fourth-order valence-corrected chi connectivity index (χ4v) is 2.79. The van der Waals surface area contributed by atoms with E-state index in [1.807, 2.05) is 6.08 Å². The van der Waals surface area contributed by atoms with Gasteiger partial charge in [0.05, 0.1) is 11.1 Å². The topological polar surface area (TPSA) is 75.4 Å². The molecule has 2 rings (SSSR count). The summed E-state index contributed by atoms with van der Waals surface area (Å²) in [4.78, 5) is 12.6. The van der Waals surface area contributed by atoms with Crippen molar-refractivity contribution in [2.45, 2.75) is 31.8 Å². The number of hydrogen-bond acceptors (Lipinski definition) is 3. The van der Waals surface area contributed by atoms with Crippen molar-refractivity contribution in [2.24, 2.45) is 5.73 Å². The van der Waals surface area contributed by atoms with Gasteiger partial charge in [0.25, 0.3) is 5.91 Å². The van der Waals surface area contributed by atoms with Gasteiger partial charge in [-0.15, -0.1) is 0 Å². The molecule has 0 spiro atoms. The lowest BCUT2D eigenvalue weighted by molar-refractivity contribution is 0.0939. The molecule has 4 nitrogen and oxygen atoms in total. The number of amides is 1. The van der Waals surface area contributed by atoms with Crippen molar-refractivity contribution in [2.75, 3.05) is 6.61 Å². The van der Waals surface area contributed by atoms with Gasteiger partial charge in [-0.25, -0.2) is 4.39 Å². The van der Waals surface area contributed by atoms with Gasteiger partial charge >= 0.3 is 0 Å². The second kappa shape index (κ2) is 9.65. The summed E-state index contributed by atoms with van der Waals surface area (Å²) in [5, 5.41) is 13.3. The highest BCUT2D eigenvalue weighted by molar-refractivity contribution is 6.30. The van der Waals surface area contributed by atoms with Crippen LogP contribution in [-0.2, 0) is 0 Å². The molecule has 4 N–H and O–H groups in total. The first kappa shape index (κ1) is 21.1. The number of halogens is 2. The zero-order chi connectivity index (χ0) is 20.0. The molecule has 0 aliphatic heterocycles. The van der Waals surface area contributed by atoms with E-state index in [1.54, 1.807) is 31.2 Å². The van der Waals surface area contributed by atoms with Gasteiger partial charge in [-0.3, -0.25) is 4.79 Å². The molecule has 0 aliphatic rings. The Morgan fingerprint density at radius 2 is 2.11 bits per heavy atom. The Labute approximate surface area is 163 Å². The Balaban J connectivity index is 2.18. The maximum atomic E-state index is 13.6. The number of nitrogens with one attached hydrogen (secondary N) is 1. The van der Waals surface area contributed by atoms with Crippen LogP contribution in [0.3, 0.4) is 0 Å². The third-order valence-corrected chi connectivity index (χ3v) is 4.60.